The highest BCUT2D eigenvalue weighted by Crippen LogP contribution is 2.34. The fourth-order valence-electron chi connectivity index (χ4n) is 4.34. The van der Waals surface area contributed by atoms with Crippen LogP contribution in [0, 0.1) is 17.7 Å². The van der Waals surface area contributed by atoms with Gasteiger partial charge in [-0.25, -0.2) is 4.39 Å². The zero-order chi connectivity index (χ0) is 20.9. The first-order valence-electron chi connectivity index (χ1n) is 10.7. The molecule has 0 spiro atoms. The monoisotopic (exact) mass is 407 g/mol. The topological polar surface area (TPSA) is 12.9 Å². The maximum Gasteiger partial charge on any atom is 0.433 e. The van der Waals surface area contributed by atoms with Crippen molar-refractivity contribution >= 4 is 0 Å². The minimum atomic E-state index is -4.49. The van der Waals surface area contributed by atoms with Gasteiger partial charge < -0.3 is 0 Å². The third-order valence-electron chi connectivity index (χ3n) is 6.17. The average molecular weight is 407 g/mol. The lowest BCUT2D eigenvalue weighted by atomic mass is 9.78. The second-order valence-corrected chi connectivity index (χ2v) is 8.31. The number of unbranched alkanes of at least 4 members (excludes halogenated alkanes) is 1. The molecule has 3 rings (SSSR count). The summed E-state index contributed by atoms with van der Waals surface area (Å²) in [5.74, 6) is 1.20. The Hall–Kier alpha value is -1.91. The fraction of sp³-hybridized carbons (Fsp3) is 0.542. The minimum absolute atomic E-state index is 0.284. The van der Waals surface area contributed by atoms with Gasteiger partial charge in [-0.3, -0.25) is 4.98 Å². The summed E-state index contributed by atoms with van der Waals surface area (Å²) in [6, 6.07) is 7.20. The van der Waals surface area contributed by atoms with E-state index in [-0.39, 0.29) is 5.56 Å². The summed E-state index contributed by atoms with van der Waals surface area (Å²) in [5, 5.41) is 0. The van der Waals surface area contributed by atoms with E-state index in [4.69, 9.17) is 0 Å². The molecule has 0 unspecified atom stereocenters. The van der Waals surface area contributed by atoms with Crippen molar-refractivity contribution in [1.29, 1.82) is 0 Å². The molecule has 0 N–H and O–H groups in total. The molecule has 5 heteroatoms. The molecule has 1 nitrogen and oxygen atoms in total. The molecule has 1 aliphatic carbocycles. The molecule has 1 aromatic carbocycles. The number of hydrogen-bond donors (Lipinski definition) is 0. The number of pyridine rings is 1. The zero-order valence-corrected chi connectivity index (χ0v) is 16.9. The Morgan fingerprint density at radius 1 is 0.966 bits per heavy atom. The summed E-state index contributed by atoms with van der Waals surface area (Å²) >= 11 is 0. The van der Waals surface area contributed by atoms with Crippen LogP contribution in [0.15, 0.2) is 36.5 Å². The molecule has 0 atom stereocenters. The molecular weight excluding hydrogens is 378 g/mol. The number of nitrogens with zero attached hydrogens (tertiary/aromatic N) is 1. The molecule has 1 heterocycles. The second-order valence-electron chi connectivity index (χ2n) is 8.31. The summed E-state index contributed by atoms with van der Waals surface area (Å²) in [7, 11) is 0. The summed E-state index contributed by atoms with van der Waals surface area (Å²) in [5.41, 5.74) is 0.612. The van der Waals surface area contributed by atoms with Gasteiger partial charge in [0, 0.05) is 17.3 Å². The van der Waals surface area contributed by atoms with Gasteiger partial charge in [0.2, 0.25) is 0 Å². The highest BCUT2D eigenvalue weighted by molar-refractivity contribution is 5.63. The van der Waals surface area contributed by atoms with E-state index in [0.717, 1.165) is 42.5 Å². The van der Waals surface area contributed by atoms with Gasteiger partial charge in [0.1, 0.15) is 11.5 Å². The van der Waals surface area contributed by atoms with Crippen LogP contribution in [0.5, 0.6) is 0 Å². The number of hydrogen-bond acceptors (Lipinski definition) is 1. The van der Waals surface area contributed by atoms with Crippen LogP contribution >= 0.6 is 0 Å². The van der Waals surface area contributed by atoms with Crippen molar-refractivity contribution in [2.75, 3.05) is 0 Å². The van der Waals surface area contributed by atoms with E-state index in [1.807, 2.05) is 6.07 Å². The van der Waals surface area contributed by atoms with Gasteiger partial charge in [-0.1, -0.05) is 70.1 Å². The van der Waals surface area contributed by atoms with Crippen molar-refractivity contribution < 1.29 is 17.6 Å². The van der Waals surface area contributed by atoms with E-state index in [1.54, 1.807) is 6.07 Å². The maximum atomic E-state index is 14.6. The van der Waals surface area contributed by atoms with Crippen LogP contribution in [0.1, 0.15) is 69.5 Å². The van der Waals surface area contributed by atoms with Crippen LogP contribution in [-0.2, 0) is 12.6 Å². The number of aromatic nitrogens is 1. The zero-order valence-electron chi connectivity index (χ0n) is 16.9. The second kappa shape index (κ2) is 9.73. The number of rotatable bonds is 7. The van der Waals surface area contributed by atoms with E-state index in [0.29, 0.717) is 5.56 Å². The van der Waals surface area contributed by atoms with Gasteiger partial charge >= 0.3 is 6.18 Å². The SMILES string of the molecule is CCCC[C@H]1CC[C@H](CCc2ccc(-c3ccc(C(F)(F)F)nc3)c(F)c2)CC1. The highest BCUT2D eigenvalue weighted by atomic mass is 19.4. The summed E-state index contributed by atoms with van der Waals surface area (Å²) in [6.45, 7) is 2.24. The molecule has 1 fully saturated rings. The molecule has 0 amide bonds. The van der Waals surface area contributed by atoms with Crippen LogP contribution in [0.25, 0.3) is 11.1 Å². The maximum absolute atomic E-state index is 14.6. The van der Waals surface area contributed by atoms with Crippen molar-refractivity contribution in [1.82, 2.24) is 4.98 Å². The van der Waals surface area contributed by atoms with Crippen LogP contribution in [-0.4, -0.2) is 4.98 Å². The third-order valence-corrected chi connectivity index (χ3v) is 6.17. The van der Waals surface area contributed by atoms with Crippen LogP contribution < -0.4 is 0 Å². The molecule has 0 bridgehead atoms. The molecule has 1 aliphatic rings. The minimum Gasteiger partial charge on any atom is -0.251 e. The molecule has 2 aromatic rings. The first kappa shape index (κ1) is 21.8. The van der Waals surface area contributed by atoms with Crippen LogP contribution in [0.4, 0.5) is 17.6 Å². The van der Waals surface area contributed by atoms with Gasteiger partial charge in [0.05, 0.1) is 0 Å². The normalized spacial score (nSPS) is 20.0. The Bertz CT molecular complexity index is 774. The Morgan fingerprint density at radius 2 is 1.66 bits per heavy atom. The fourth-order valence-corrected chi connectivity index (χ4v) is 4.34. The molecule has 29 heavy (non-hydrogen) atoms. The Labute approximate surface area is 170 Å². The van der Waals surface area contributed by atoms with Gasteiger partial charge in [-0.15, -0.1) is 0 Å². The molecule has 1 aromatic heterocycles. The van der Waals surface area contributed by atoms with Gasteiger partial charge in [0.25, 0.3) is 0 Å². The Kier molecular flexibility index (Phi) is 7.31. The molecule has 0 saturated heterocycles. The van der Waals surface area contributed by atoms with Crippen molar-refractivity contribution in [3.8, 4) is 11.1 Å². The largest absolute Gasteiger partial charge is 0.433 e. The van der Waals surface area contributed by atoms with E-state index < -0.39 is 17.7 Å². The van der Waals surface area contributed by atoms with Crippen molar-refractivity contribution in [3.63, 3.8) is 0 Å². The number of benzene rings is 1. The van der Waals surface area contributed by atoms with E-state index in [1.165, 1.54) is 57.1 Å². The standard InChI is InChI=1S/C24H29F4N/c1-2-3-4-17-5-7-18(8-6-17)9-10-19-11-13-21(22(25)15-19)20-12-14-23(29-16-20)24(26,27)28/h11-18H,2-10H2,1H3/t17-,18-. The third kappa shape index (κ3) is 6.03. The van der Waals surface area contributed by atoms with Crippen molar-refractivity contribution in [3.05, 3.63) is 53.6 Å². The van der Waals surface area contributed by atoms with Gasteiger partial charge in [0.15, 0.2) is 0 Å². The lowest BCUT2D eigenvalue weighted by Gasteiger charge is -2.28. The summed E-state index contributed by atoms with van der Waals surface area (Å²) < 4.78 is 52.5. The number of halogens is 4. The quantitative estimate of drug-likeness (QED) is 0.426. The number of aryl methyl sites for hydroxylation is 1. The van der Waals surface area contributed by atoms with E-state index in [9.17, 15) is 17.6 Å². The van der Waals surface area contributed by atoms with E-state index >= 15 is 0 Å². The smallest absolute Gasteiger partial charge is 0.251 e. The van der Waals surface area contributed by atoms with Crippen LogP contribution in [0.2, 0.25) is 0 Å². The first-order chi connectivity index (χ1) is 13.9. The lowest BCUT2D eigenvalue weighted by molar-refractivity contribution is -0.141. The average Bonchev–Trinajstić information content (AvgIpc) is 2.71. The highest BCUT2D eigenvalue weighted by Gasteiger charge is 2.32. The Balaban J connectivity index is 1.55. The van der Waals surface area contributed by atoms with Crippen molar-refractivity contribution in [2.24, 2.45) is 11.8 Å². The lowest BCUT2D eigenvalue weighted by Crippen LogP contribution is -2.15. The Morgan fingerprint density at radius 3 is 2.21 bits per heavy atom. The predicted octanol–water partition coefficient (Wildman–Crippen LogP) is 7.84. The predicted molar refractivity (Wildman–Crippen MR) is 108 cm³/mol. The first-order valence-corrected chi connectivity index (χ1v) is 10.7. The number of alkyl halides is 3. The van der Waals surface area contributed by atoms with Crippen LogP contribution in [0.3, 0.4) is 0 Å². The van der Waals surface area contributed by atoms with E-state index in [2.05, 4.69) is 11.9 Å². The summed E-state index contributed by atoms with van der Waals surface area (Å²) in [6.07, 6.45) is 7.63. The molecule has 158 valence electrons. The molecule has 1 saturated carbocycles. The van der Waals surface area contributed by atoms with Crippen molar-refractivity contribution in [2.45, 2.75) is 70.9 Å². The summed E-state index contributed by atoms with van der Waals surface area (Å²) in [4.78, 5) is 3.42. The molecule has 0 radical (unpaired) electrons. The molecule has 0 aliphatic heterocycles. The van der Waals surface area contributed by atoms with Gasteiger partial charge in [-0.05, 0) is 42.4 Å². The van der Waals surface area contributed by atoms with Gasteiger partial charge in [-0.2, -0.15) is 13.2 Å². The molecular formula is C24H29F4N.